The van der Waals surface area contributed by atoms with Gasteiger partial charge in [0, 0.05) is 19.1 Å². The second-order valence-electron chi connectivity index (χ2n) is 5.43. The fourth-order valence-corrected chi connectivity index (χ4v) is 2.75. The second-order valence-corrected chi connectivity index (χ2v) is 5.43. The minimum absolute atomic E-state index is 0.158. The molecular formula is C13H25N3O. The van der Waals surface area contributed by atoms with Crippen molar-refractivity contribution in [3.63, 3.8) is 0 Å². The van der Waals surface area contributed by atoms with Crippen LogP contribution in [0.3, 0.4) is 0 Å². The normalized spacial score (nSPS) is 30.8. The minimum atomic E-state index is 0.158. The van der Waals surface area contributed by atoms with Gasteiger partial charge < -0.3 is 15.5 Å². The van der Waals surface area contributed by atoms with Crippen LogP contribution in [-0.2, 0) is 0 Å². The summed E-state index contributed by atoms with van der Waals surface area (Å²) in [4.78, 5) is 14.2. The molecule has 2 rings (SSSR count). The number of carbonyl (C=O) groups is 1. The van der Waals surface area contributed by atoms with Gasteiger partial charge in [-0.25, -0.2) is 4.79 Å². The lowest BCUT2D eigenvalue weighted by Gasteiger charge is -2.32. The summed E-state index contributed by atoms with van der Waals surface area (Å²) >= 11 is 0. The van der Waals surface area contributed by atoms with Gasteiger partial charge in [0.2, 0.25) is 0 Å². The Morgan fingerprint density at radius 2 is 1.94 bits per heavy atom. The lowest BCUT2D eigenvalue weighted by Crippen LogP contribution is -2.52. The maximum absolute atomic E-state index is 12.2. The lowest BCUT2D eigenvalue weighted by molar-refractivity contribution is 0.186. The molecule has 17 heavy (non-hydrogen) atoms. The third-order valence-corrected chi connectivity index (χ3v) is 3.99. The van der Waals surface area contributed by atoms with Gasteiger partial charge in [-0.05, 0) is 38.3 Å². The summed E-state index contributed by atoms with van der Waals surface area (Å²) in [5.74, 6) is 0.541. The van der Waals surface area contributed by atoms with Crippen LogP contribution in [0.1, 0.15) is 39.0 Å². The topological polar surface area (TPSA) is 44.4 Å². The Balaban J connectivity index is 1.82. The number of urea groups is 1. The number of hydrogen-bond acceptors (Lipinski definition) is 2. The number of nitrogens with one attached hydrogen (secondary N) is 2. The highest BCUT2D eigenvalue weighted by Crippen LogP contribution is 2.13. The molecule has 0 radical (unpaired) electrons. The van der Waals surface area contributed by atoms with Gasteiger partial charge in [-0.3, -0.25) is 0 Å². The molecular weight excluding hydrogens is 214 g/mol. The molecule has 2 amide bonds. The molecule has 2 aliphatic heterocycles. The van der Waals surface area contributed by atoms with Crippen LogP contribution < -0.4 is 10.6 Å². The van der Waals surface area contributed by atoms with Crippen molar-refractivity contribution in [1.82, 2.24) is 15.5 Å². The summed E-state index contributed by atoms with van der Waals surface area (Å²) in [6.07, 6.45) is 5.92. The highest BCUT2D eigenvalue weighted by molar-refractivity contribution is 5.74. The second kappa shape index (κ2) is 6.24. The first kappa shape index (κ1) is 12.7. The zero-order valence-corrected chi connectivity index (χ0v) is 10.9. The SMILES string of the molecule is CC1CNCCC1NC(=O)N1CCCCCC1. The predicted octanol–water partition coefficient (Wildman–Crippen LogP) is 1.57. The van der Waals surface area contributed by atoms with Gasteiger partial charge in [-0.2, -0.15) is 0 Å². The van der Waals surface area contributed by atoms with Crippen LogP contribution in [0.15, 0.2) is 0 Å². The van der Waals surface area contributed by atoms with Gasteiger partial charge >= 0.3 is 6.03 Å². The van der Waals surface area contributed by atoms with Crippen molar-refractivity contribution in [3.05, 3.63) is 0 Å². The first-order valence-electron chi connectivity index (χ1n) is 7.03. The van der Waals surface area contributed by atoms with Crippen LogP contribution in [0.5, 0.6) is 0 Å². The average Bonchev–Trinajstić information content (AvgIpc) is 2.61. The molecule has 4 heteroatoms. The van der Waals surface area contributed by atoms with E-state index in [0.29, 0.717) is 12.0 Å². The van der Waals surface area contributed by atoms with E-state index in [1.54, 1.807) is 0 Å². The summed E-state index contributed by atoms with van der Waals surface area (Å²) in [6.45, 7) is 6.12. The van der Waals surface area contributed by atoms with Crippen molar-refractivity contribution in [3.8, 4) is 0 Å². The van der Waals surface area contributed by atoms with Crippen LogP contribution in [0.25, 0.3) is 0 Å². The van der Waals surface area contributed by atoms with Crippen LogP contribution in [0.2, 0.25) is 0 Å². The van der Waals surface area contributed by atoms with Crippen molar-refractivity contribution in [1.29, 1.82) is 0 Å². The number of likely N-dealkylation sites (tertiary alicyclic amines) is 1. The fourth-order valence-electron chi connectivity index (χ4n) is 2.75. The van der Waals surface area contributed by atoms with Gasteiger partial charge in [0.1, 0.15) is 0 Å². The monoisotopic (exact) mass is 239 g/mol. The molecule has 2 aliphatic rings. The van der Waals surface area contributed by atoms with E-state index >= 15 is 0 Å². The van der Waals surface area contributed by atoms with Crippen molar-refractivity contribution in [2.24, 2.45) is 5.92 Å². The molecule has 0 bridgehead atoms. The molecule has 0 aliphatic carbocycles. The van der Waals surface area contributed by atoms with Crippen LogP contribution >= 0.6 is 0 Å². The zero-order valence-electron chi connectivity index (χ0n) is 10.9. The molecule has 0 saturated carbocycles. The number of amides is 2. The van der Waals surface area contributed by atoms with E-state index < -0.39 is 0 Å². The quantitative estimate of drug-likeness (QED) is 0.729. The molecule has 2 N–H and O–H groups in total. The van der Waals surface area contributed by atoms with E-state index in [9.17, 15) is 4.79 Å². The lowest BCUT2D eigenvalue weighted by atomic mass is 9.95. The standard InChI is InChI=1S/C13H25N3O/c1-11-10-14-7-6-12(11)15-13(17)16-8-4-2-3-5-9-16/h11-12,14H,2-10H2,1H3,(H,15,17). The maximum atomic E-state index is 12.2. The molecule has 0 aromatic carbocycles. The molecule has 4 nitrogen and oxygen atoms in total. The maximum Gasteiger partial charge on any atom is 0.317 e. The number of carbonyl (C=O) groups excluding carboxylic acids is 1. The molecule has 98 valence electrons. The van der Waals surface area contributed by atoms with Crippen molar-refractivity contribution >= 4 is 6.03 Å². The third kappa shape index (κ3) is 3.60. The van der Waals surface area contributed by atoms with Gasteiger partial charge in [0.15, 0.2) is 0 Å². The third-order valence-electron chi connectivity index (χ3n) is 3.99. The molecule has 2 fully saturated rings. The largest absolute Gasteiger partial charge is 0.335 e. The molecule has 2 atom stereocenters. The summed E-state index contributed by atoms with van der Waals surface area (Å²) < 4.78 is 0. The smallest absolute Gasteiger partial charge is 0.317 e. The van der Waals surface area contributed by atoms with E-state index in [4.69, 9.17) is 0 Å². The molecule has 0 spiro atoms. The van der Waals surface area contributed by atoms with E-state index in [1.165, 1.54) is 12.8 Å². The van der Waals surface area contributed by atoms with Crippen molar-refractivity contribution < 1.29 is 4.79 Å². The number of hydrogen-bond donors (Lipinski definition) is 2. The summed E-state index contributed by atoms with van der Waals surface area (Å²) in [7, 11) is 0. The molecule has 0 aromatic heterocycles. The van der Waals surface area contributed by atoms with Crippen LogP contribution in [-0.4, -0.2) is 43.2 Å². The number of nitrogens with zero attached hydrogens (tertiary/aromatic N) is 1. The Morgan fingerprint density at radius 3 is 2.59 bits per heavy atom. The Kier molecular flexibility index (Phi) is 4.66. The first-order chi connectivity index (χ1) is 8.27. The Morgan fingerprint density at radius 1 is 1.24 bits per heavy atom. The average molecular weight is 239 g/mol. The van der Waals surface area contributed by atoms with Crippen molar-refractivity contribution in [2.45, 2.75) is 45.1 Å². The van der Waals surface area contributed by atoms with Crippen molar-refractivity contribution in [2.75, 3.05) is 26.2 Å². The number of piperidine rings is 1. The molecule has 2 saturated heterocycles. The fraction of sp³-hybridized carbons (Fsp3) is 0.923. The van der Waals surface area contributed by atoms with E-state index in [0.717, 1.165) is 45.4 Å². The van der Waals surface area contributed by atoms with E-state index in [-0.39, 0.29) is 6.03 Å². The van der Waals surface area contributed by atoms with Crippen LogP contribution in [0, 0.1) is 5.92 Å². The highest BCUT2D eigenvalue weighted by atomic mass is 16.2. The van der Waals surface area contributed by atoms with E-state index in [1.807, 2.05) is 4.90 Å². The predicted molar refractivity (Wildman–Crippen MR) is 69.0 cm³/mol. The summed E-state index contributed by atoms with van der Waals surface area (Å²) in [5, 5.41) is 6.58. The van der Waals surface area contributed by atoms with E-state index in [2.05, 4.69) is 17.6 Å². The Labute approximate surface area is 104 Å². The van der Waals surface area contributed by atoms with Gasteiger partial charge in [-0.15, -0.1) is 0 Å². The van der Waals surface area contributed by atoms with Gasteiger partial charge in [0.05, 0.1) is 0 Å². The van der Waals surface area contributed by atoms with Crippen LogP contribution in [0.4, 0.5) is 4.79 Å². The number of rotatable bonds is 1. The highest BCUT2D eigenvalue weighted by Gasteiger charge is 2.24. The van der Waals surface area contributed by atoms with Gasteiger partial charge in [0.25, 0.3) is 0 Å². The first-order valence-corrected chi connectivity index (χ1v) is 7.03. The molecule has 2 unspecified atom stereocenters. The molecule has 0 aromatic rings. The molecule has 2 heterocycles. The zero-order chi connectivity index (χ0) is 12.1. The Hall–Kier alpha value is -0.770. The summed E-state index contributed by atoms with van der Waals surface area (Å²) in [6, 6.07) is 0.512. The minimum Gasteiger partial charge on any atom is -0.335 e. The summed E-state index contributed by atoms with van der Waals surface area (Å²) in [5.41, 5.74) is 0. The van der Waals surface area contributed by atoms with Gasteiger partial charge in [-0.1, -0.05) is 19.8 Å². The Bertz CT molecular complexity index is 249.